The lowest BCUT2D eigenvalue weighted by Gasteiger charge is -2.21. The Morgan fingerprint density at radius 1 is 1.00 bits per heavy atom. The van der Waals surface area contributed by atoms with E-state index in [1.54, 1.807) is 19.1 Å². The van der Waals surface area contributed by atoms with E-state index in [4.69, 9.17) is 16.3 Å². The Bertz CT molecular complexity index is 854. The Kier molecular flexibility index (Phi) is 3.11. The zero-order chi connectivity index (χ0) is 16.2. The summed E-state index contributed by atoms with van der Waals surface area (Å²) in [6.07, 6.45) is 0. The third-order valence-corrected chi connectivity index (χ3v) is 4.00. The van der Waals surface area contributed by atoms with Gasteiger partial charge in [0, 0.05) is 11.1 Å². The quantitative estimate of drug-likeness (QED) is 0.720. The number of phenolic OH excluding ortho intramolecular Hbond substituents is 2. The van der Waals surface area contributed by atoms with E-state index in [9.17, 15) is 19.8 Å². The lowest BCUT2D eigenvalue weighted by molar-refractivity contribution is 0.0973. The number of hydrogen-bond acceptors (Lipinski definition) is 5. The number of rotatable bonds is 1. The number of benzene rings is 2. The number of phenols is 2. The van der Waals surface area contributed by atoms with E-state index < -0.39 is 23.1 Å². The molecule has 22 heavy (non-hydrogen) atoms. The Morgan fingerprint density at radius 3 is 2.27 bits per heavy atom. The first-order valence-corrected chi connectivity index (χ1v) is 6.77. The molecule has 0 amide bonds. The summed E-state index contributed by atoms with van der Waals surface area (Å²) >= 11 is 5.76. The van der Waals surface area contributed by atoms with Crippen LogP contribution in [0.25, 0.3) is 0 Å². The van der Waals surface area contributed by atoms with Gasteiger partial charge in [-0.05, 0) is 30.7 Å². The van der Waals surface area contributed by atoms with Gasteiger partial charge in [0.1, 0.15) is 22.3 Å². The second-order valence-corrected chi connectivity index (χ2v) is 5.41. The van der Waals surface area contributed by atoms with Crippen LogP contribution in [0.4, 0.5) is 0 Å². The number of hydrogen-bond donors (Lipinski definition) is 2. The molecule has 0 spiro atoms. The number of halogens is 1. The third-order valence-electron chi connectivity index (χ3n) is 3.63. The highest BCUT2D eigenvalue weighted by Gasteiger charge is 2.36. The minimum atomic E-state index is -0.608. The molecule has 2 N–H and O–H groups in total. The molecule has 2 aromatic rings. The molecule has 0 atom stereocenters. The number of ketones is 2. The highest BCUT2D eigenvalue weighted by atomic mass is 35.5. The number of aryl methyl sites for hydroxylation is 1. The Hall–Kier alpha value is -2.53. The average molecular weight is 319 g/mol. The Morgan fingerprint density at radius 2 is 1.64 bits per heavy atom. The first-order chi connectivity index (χ1) is 10.4. The predicted molar refractivity (Wildman–Crippen MR) is 79.4 cm³/mol. The second-order valence-electron chi connectivity index (χ2n) is 5.03. The number of carbonyl (C=O) groups is 2. The van der Waals surface area contributed by atoms with Crippen LogP contribution in [0, 0.1) is 6.92 Å². The summed E-state index contributed by atoms with van der Waals surface area (Å²) in [5.41, 5.74) is 0.716. The Balaban J connectivity index is 2.40. The fraction of sp³-hybridized carbons (Fsp3) is 0.125. The molecule has 0 aromatic heterocycles. The summed E-state index contributed by atoms with van der Waals surface area (Å²) in [4.78, 5) is 25.3. The maximum absolute atomic E-state index is 12.7. The van der Waals surface area contributed by atoms with Gasteiger partial charge in [-0.3, -0.25) is 9.59 Å². The molecule has 112 valence electrons. The highest BCUT2D eigenvalue weighted by molar-refractivity contribution is 6.37. The number of carbonyl (C=O) groups excluding carboxylic acids is 2. The lowest BCUT2D eigenvalue weighted by Crippen LogP contribution is -2.22. The molecule has 0 saturated heterocycles. The average Bonchev–Trinajstić information content (AvgIpc) is 2.48. The van der Waals surface area contributed by atoms with Crippen molar-refractivity contribution in [3.8, 4) is 17.2 Å². The molecule has 0 fully saturated rings. The fourth-order valence-corrected chi connectivity index (χ4v) is 2.79. The predicted octanol–water partition coefficient (Wildman–Crippen LogP) is 2.84. The van der Waals surface area contributed by atoms with Gasteiger partial charge < -0.3 is 14.9 Å². The van der Waals surface area contributed by atoms with Crippen molar-refractivity contribution < 1.29 is 24.5 Å². The van der Waals surface area contributed by atoms with Gasteiger partial charge in [0.2, 0.25) is 5.78 Å². The summed E-state index contributed by atoms with van der Waals surface area (Å²) in [5.74, 6) is -1.86. The molecule has 0 heterocycles. The minimum absolute atomic E-state index is 0.0791. The SMILES string of the molecule is COc1cc(C)cc2c1C(=O)c1c(cc(O)c(Cl)c1O)C2=O. The normalized spacial score (nSPS) is 12.9. The molecule has 6 heteroatoms. The largest absolute Gasteiger partial charge is 0.506 e. The van der Waals surface area contributed by atoms with Gasteiger partial charge in [-0.1, -0.05) is 11.6 Å². The zero-order valence-corrected chi connectivity index (χ0v) is 12.5. The number of methoxy groups -OCH3 is 1. The highest BCUT2D eigenvalue weighted by Crippen LogP contribution is 2.43. The van der Waals surface area contributed by atoms with Crippen LogP contribution in [0.15, 0.2) is 18.2 Å². The fourth-order valence-electron chi connectivity index (χ4n) is 2.64. The van der Waals surface area contributed by atoms with Gasteiger partial charge in [0.05, 0.1) is 18.2 Å². The lowest BCUT2D eigenvalue weighted by atomic mass is 9.82. The van der Waals surface area contributed by atoms with Gasteiger partial charge in [-0.25, -0.2) is 0 Å². The first-order valence-electron chi connectivity index (χ1n) is 6.39. The molecule has 1 aliphatic rings. The number of fused-ring (bicyclic) bond motifs is 2. The first kappa shape index (κ1) is 14.4. The van der Waals surface area contributed by atoms with Crippen LogP contribution in [0.5, 0.6) is 17.2 Å². The molecular weight excluding hydrogens is 308 g/mol. The van der Waals surface area contributed by atoms with Gasteiger partial charge in [0.25, 0.3) is 0 Å². The molecule has 0 aliphatic heterocycles. The van der Waals surface area contributed by atoms with Crippen LogP contribution >= 0.6 is 11.6 Å². The molecule has 3 rings (SSSR count). The summed E-state index contributed by atoms with van der Waals surface area (Å²) in [6.45, 7) is 1.77. The van der Waals surface area contributed by atoms with Crippen molar-refractivity contribution in [1.82, 2.24) is 0 Å². The van der Waals surface area contributed by atoms with E-state index >= 15 is 0 Å². The molecule has 0 unspecified atom stereocenters. The van der Waals surface area contributed by atoms with Crippen molar-refractivity contribution in [2.24, 2.45) is 0 Å². The molecule has 5 nitrogen and oxygen atoms in total. The smallest absolute Gasteiger partial charge is 0.202 e. The molecule has 1 aliphatic carbocycles. The van der Waals surface area contributed by atoms with Crippen LogP contribution < -0.4 is 4.74 Å². The summed E-state index contributed by atoms with van der Waals surface area (Å²) < 4.78 is 5.18. The summed E-state index contributed by atoms with van der Waals surface area (Å²) in [7, 11) is 1.39. The van der Waals surface area contributed by atoms with Gasteiger partial charge in [-0.15, -0.1) is 0 Å². The minimum Gasteiger partial charge on any atom is -0.506 e. The zero-order valence-electron chi connectivity index (χ0n) is 11.7. The van der Waals surface area contributed by atoms with Crippen molar-refractivity contribution >= 4 is 23.2 Å². The molecule has 2 aromatic carbocycles. The van der Waals surface area contributed by atoms with Gasteiger partial charge in [-0.2, -0.15) is 0 Å². The van der Waals surface area contributed by atoms with Crippen molar-refractivity contribution in [2.75, 3.05) is 7.11 Å². The molecule has 0 bridgehead atoms. The van der Waals surface area contributed by atoms with Crippen molar-refractivity contribution in [3.05, 3.63) is 51.0 Å². The van der Waals surface area contributed by atoms with E-state index in [2.05, 4.69) is 0 Å². The van der Waals surface area contributed by atoms with Crippen LogP contribution in [0.2, 0.25) is 5.02 Å². The van der Waals surface area contributed by atoms with Crippen molar-refractivity contribution in [2.45, 2.75) is 6.92 Å². The topological polar surface area (TPSA) is 83.8 Å². The van der Waals surface area contributed by atoms with Crippen LogP contribution in [-0.4, -0.2) is 28.9 Å². The summed E-state index contributed by atoms with van der Waals surface area (Å²) in [5, 5.41) is 19.4. The third kappa shape index (κ3) is 1.79. The van der Waals surface area contributed by atoms with Crippen LogP contribution in [0.3, 0.4) is 0 Å². The van der Waals surface area contributed by atoms with Crippen molar-refractivity contribution in [1.29, 1.82) is 0 Å². The van der Waals surface area contributed by atoms with Crippen LogP contribution in [-0.2, 0) is 0 Å². The Labute approximate surface area is 130 Å². The van der Waals surface area contributed by atoms with E-state index in [0.717, 1.165) is 11.6 Å². The molecule has 0 radical (unpaired) electrons. The van der Waals surface area contributed by atoms with Gasteiger partial charge in [0.15, 0.2) is 5.78 Å². The maximum atomic E-state index is 12.7. The molecule has 0 saturated carbocycles. The number of aromatic hydroxyl groups is 2. The maximum Gasteiger partial charge on any atom is 0.202 e. The van der Waals surface area contributed by atoms with E-state index in [0.29, 0.717) is 0 Å². The van der Waals surface area contributed by atoms with Crippen molar-refractivity contribution in [3.63, 3.8) is 0 Å². The van der Waals surface area contributed by atoms with Crippen LogP contribution in [0.1, 0.15) is 37.4 Å². The second kappa shape index (κ2) is 4.74. The van der Waals surface area contributed by atoms with E-state index in [-0.39, 0.29) is 33.0 Å². The van der Waals surface area contributed by atoms with E-state index in [1.165, 1.54) is 7.11 Å². The monoisotopic (exact) mass is 318 g/mol. The van der Waals surface area contributed by atoms with E-state index in [1.807, 2.05) is 0 Å². The molecular formula is C16H11ClO5. The standard InChI is InChI=1S/C16H11ClO5/c1-6-3-7-11(10(4-6)22-2)15(20)12-8(14(7)19)5-9(18)13(17)16(12)21/h3-5,18,21H,1-2H3. The van der Waals surface area contributed by atoms with Gasteiger partial charge >= 0.3 is 0 Å². The summed E-state index contributed by atoms with van der Waals surface area (Å²) in [6, 6.07) is 4.30. The number of ether oxygens (including phenoxy) is 1.